The normalized spacial score (nSPS) is 14.6. The van der Waals surface area contributed by atoms with Gasteiger partial charge in [-0.1, -0.05) is 18.2 Å². The van der Waals surface area contributed by atoms with Crippen molar-refractivity contribution in [3.63, 3.8) is 0 Å². The maximum Gasteiger partial charge on any atom is 0.254 e. The van der Waals surface area contributed by atoms with Crippen LogP contribution in [0.4, 0.5) is 5.69 Å². The lowest BCUT2D eigenvalue weighted by Crippen LogP contribution is -2.64. The van der Waals surface area contributed by atoms with Crippen molar-refractivity contribution in [2.75, 3.05) is 13.1 Å². The first-order valence-electron chi connectivity index (χ1n) is 9.75. The highest BCUT2D eigenvalue weighted by atomic mass is 16.2. The Morgan fingerprint density at radius 2 is 2.06 bits per heavy atom. The summed E-state index contributed by atoms with van der Waals surface area (Å²) in [6.45, 7) is 8.33. The van der Waals surface area contributed by atoms with Crippen molar-refractivity contribution in [2.24, 2.45) is 0 Å². The summed E-state index contributed by atoms with van der Waals surface area (Å²) in [5.74, 6) is -0.0556. The lowest BCUT2D eigenvalue weighted by Gasteiger charge is -2.49. The number of rotatable bonds is 4. The maximum absolute atomic E-state index is 12.7. The Balaban J connectivity index is 1.48. The Labute approximate surface area is 178 Å². The zero-order chi connectivity index (χ0) is 21.4. The summed E-state index contributed by atoms with van der Waals surface area (Å²) in [4.78, 5) is 25.4. The van der Waals surface area contributed by atoms with E-state index in [9.17, 15) is 10.1 Å². The van der Waals surface area contributed by atoms with Gasteiger partial charge in [-0.15, -0.1) is 0 Å². The highest BCUT2D eigenvalue weighted by Crippen LogP contribution is 2.38. The third kappa shape index (κ3) is 2.93. The van der Waals surface area contributed by atoms with Gasteiger partial charge < -0.3 is 9.88 Å². The van der Waals surface area contributed by atoms with Crippen LogP contribution in [0.25, 0.3) is 27.0 Å². The van der Waals surface area contributed by atoms with Gasteiger partial charge in [0.1, 0.15) is 11.2 Å². The quantitative estimate of drug-likeness (QED) is 0.521. The molecule has 0 unspecified atom stereocenters. The molecule has 1 saturated heterocycles. The number of H-pyrrole nitrogens is 1. The molecule has 0 saturated carbocycles. The third-order valence-electron chi connectivity index (χ3n) is 5.73. The zero-order valence-corrected chi connectivity index (χ0v) is 16.5. The number of pyridine rings is 1. The van der Waals surface area contributed by atoms with Crippen molar-refractivity contribution in [3.05, 3.63) is 78.2 Å². The van der Waals surface area contributed by atoms with Crippen LogP contribution in [0.5, 0.6) is 0 Å². The molecule has 1 aliphatic rings. The molecule has 0 atom stereocenters. The number of fused-ring (bicyclic) bond motifs is 1. The smallest absolute Gasteiger partial charge is 0.254 e. The van der Waals surface area contributed by atoms with Gasteiger partial charge in [-0.25, -0.2) is 4.85 Å². The topological polar surface area (TPSA) is 95.0 Å². The van der Waals surface area contributed by atoms with Crippen molar-refractivity contribution >= 4 is 22.6 Å². The molecule has 0 aliphatic carbocycles. The first kappa shape index (κ1) is 18.6. The molecular formula is C23H17N7O. The van der Waals surface area contributed by atoms with Crippen molar-refractivity contribution < 1.29 is 4.79 Å². The highest BCUT2D eigenvalue weighted by Gasteiger charge is 2.47. The molecule has 1 aliphatic heterocycles. The van der Waals surface area contributed by atoms with Crippen LogP contribution in [0, 0.1) is 17.9 Å². The van der Waals surface area contributed by atoms with Gasteiger partial charge in [0.25, 0.3) is 5.91 Å². The SMILES string of the molecule is [C-]#[N+]c1cnc2[nH]ccc2c1-c1cnn(C2(CC#N)CN(C(=O)c3ccccc3)C2)c1. The second-order valence-electron chi connectivity index (χ2n) is 7.63. The molecule has 4 aromatic rings. The summed E-state index contributed by atoms with van der Waals surface area (Å²) in [7, 11) is 0. The van der Waals surface area contributed by atoms with Crippen molar-refractivity contribution in [3.8, 4) is 17.2 Å². The van der Waals surface area contributed by atoms with Crippen molar-refractivity contribution in [2.45, 2.75) is 12.0 Å². The molecule has 0 spiro atoms. The van der Waals surface area contributed by atoms with Crippen LogP contribution in [-0.4, -0.2) is 43.6 Å². The van der Waals surface area contributed by atoms with E-state index in [0.29, 0.717) is 30.0 Å². The lowest BCUT2D eigenvalue weighted by molar-refractivity contribution is 0.00858. The second-order valence-corrected chi connectivity index (χ2v) is 7.63. The molecule has 31 heavy (non-hydrogen) atoms. The molecule has 1 N–H and O–H groups in total. The first-order valence-corrected chi connectivity index (χ1v) is 9.75. The summed E-state index contributed by atoms with van der Waals surface area (Å²) < 4.78 is 1.77. The number of hydrogen-bond acceptors (Lipinski definition) is 4. The van der Waals surface area contributed by atoms with Gasteiger partial charge in [0, 0.05) is 53.8 Å². The second kappa shape index (κ2) is 7.12. The number of amides is 1. The lowest BCUT2D eigenvalue weighted by atomic mass is 9.86. The number of aromatic nitrogens is 4. The predicted molar refractivity (Wildman–Crippen MR) is 114 cm³/mol. The average molecular weight is 407 g/mol. The van der Waals surface area contributed by atoms with Crippen LogP contribution >= 0.6 is 0 Å². The number of nitriles is 1. The van der Waals surface area contributed by atoms with Gasteiger partial charge in [-0.05, 0) is 18.2 Å². The van der Waals surface area contributed by atoms with Gasteiger partial charge in [0.15, 0.2) is 0 Å². The van der Waals surface area contributed by atoms with Gasteiger partial charge in [0.2, 0.25) is 5.69 Å². The van der Waals surface area contributed by atoms with Crippen LogP contribution in [0.1, 0.15) is 16.8 Å². The molecule has 0 bridgehead atoms. The summed E-state index contributed by atoms with van der Waals surface area (Å²) in [6.07, 6.45) is 7.14. The Morgan fingerprint density at radius 3 is 2.81 bits per heavy atom. The average Bonchev–Trinajstić information content (AvgIpc) is 3.45. The van der Waals surface area contributed by atoms with E-state index in [1.807, 2.05) is 30.5 Å². The first-order chi connectivity index (χ1) is 15.1. The number of likely N-dealkylation sites (tertiary alicyclic amines) is 1. The third-order valence-corrected chi connectivity index (χ3v) is 5.73. The Morgan fingerprint density at radius 1 is 1.26 bits per heavy atom. The summed E-state index contributed by atoms with van der Waals surface area (Å²) >= 11 is 0. The van der Waals surface area contributed by atoms with Crippen molar-refractivity contribution in [1.29, 1.82) is 5.26 Å². The molecule has 0 radical (unpaired) electrons. The molecular weight excluding hydrogens is 390 g/mol. The summed E-state index contributed by atoms with van der Waals surface area (Å²) in [5, 5.41) is 14.8. The largest absolute Gasteiger partial charge is 0.346 e. The number of carbonyl (C=O) groups is 1. The molecule has 1 fully saturated rings. The van der Waals surface area contributed by atoms with Crippen LogP contribution in [0.2, 0.25) is 0 Å². The minimum absolute atomic E-state index is 0.0556. The van der Waals surface area contributed by atoms with E-state index in [1.165, 1.54) is 0 Å². The van der Waals surface area contributed by atoms with Gasteiger partial charge in [-0.2, -0.15) is 10.4 Å². The van der Waals surface area contributed by atoms with E-state index in [-0.39, 0.29) is 12.3 Å². The number of nitrogens with zero attached hydrogens (tertiary/aromatic N) is 6. The maximum atomic E-state index is 12.7. The van der Waals surface area contributed by atoms with E-state index in [2.05, 4.69) is 26.0 Å². The van der Waals surface area contributed by atoms with E-state index < -0.39 is 5.54 Å². The number of nitrogens with one attached hydrogen (secondary N) is 1. The van der Waals surface area contributed by atoms with Crippen molar-refractivity contribution in [1.82, 2.24) is 24.6 Å². The fraction of sp³-hybridized carbons (Fsp3) is 0.174. The standard InChI is InChI=1S/C23H17N7O/c1-25-19-12-27-21-18(7-10-26-21)20(19)17-11-28-30(13-17)23(8-9-24)14-29(15-23)22(31)16-5-3-2-4-6-16/h2-7,10-13H,8,14-15H2,(H,26,27). The van der Waals surface area contributed by atoms with Crippen LogP contribution < -0.4 is 0 Å². The monoisotopic (exact) mass is 407 g/mol. The predicted octanol–water partition coefficient (Wildman–Crippen LogP) is 3.74. The van der Waals surface area contributed by atoms with Crippen LogP contribution in [0.3, 0.4) is 0 Å². The van der Waals surface area contributed by atoms with E-state index in [4.69, 9.17) is 6.57 Å². The molecule has 8 heteroatoms. The van der Waals surface area contributed by atoms with Crippen LogP contribution in [-0.2, 0) is 5.54 Å². The van der Waals surface area contributed by atoms with E-state index in [1.54, 1.807) is 40.3 Å². The minimum Gasteiger partial charge on any atom is -0.346 e. The minimum atomic E-state index is -0.583. The van der Waals surface area contributed by atoms with Gasteiger partial charge in [-0.3, -0.25) is 14.5 Å². The fourth-order valence-corrected chi connectivity index (χ4v) is 4.15. The van der Waals surface area contributed by atoms with Crippen LogP contribution in [0.15, 0.2) is 61.2 Å². The Hall–Kier alpha value is -4.43. The molecule has 4 heterocycles. The number of hydrogen-bond donors (Lipinski definition) is 1. The number of benzene rings is 1. The Bertz CT molecular complexity index is 1360. The molecule has 150 valence electrons. The molecule has 5 rings (SSSR count). The number of aromatic amines is 1. The summed E-state index contributed by atoms with van der Waals surface area (Å²) in [5.41, 5.74) is 2.72. The zero-order valence-electron chi connectivity index (χ0n) is 16.5. The Kier molecular flexibility index (Phi) is 4.27. The summed E-state index contributed by atoms with van der Waals surface area (Å²) in [6, 6.07) is 13.2. The molecule has 1 aromatic carbocycles. The molecule has 3 aromatic heterocycles. The number of carbonyl (C=O) groups excluding carboxylic acids is 1. The van der Waals surface area contributed by atoms with E-state index >= 15 is 0 Å². The van der Waals surface area contributed by atoms with E-state index in [0.717, 1.165) is 16.5 Å². The van der Waals surface area contributed by atoms with Gasteiger partial charge >= 0.3 is 0 Å². The molecule has 1 amide bonds. The fourth-order valence-electron chi connectivity index (χ4n) is 4.15. The van der Waals surface area contributed by atoms with Gasteiger partial charge in [0.05, 0.1) is 25.3 Å². The highest BCUT2D eigenvalue weighted by molar-refractivity contribution is 5.99. The molecule has 8 nitrogen and oxygen atoms in total.